The zero-order valence-corrected chi connectivity index (χ0v) is 11.6. The van der Waals surface area contributed by atoms with Crippen molar-refractivity contribution in [3.05, 3.63) is 0 Å². The van der Waals surface area contributed by atoms with E-state index in [4.69, 9.17) is 0 Å². The van der Waals surface area contributed by atoms with Crippen molar-refractivity contribution in [1.82, 2.24) is 4.90 Å². The van der Waals surface area contributed by atoms with Crippen molar-refractivity contribution in [2.45, 2.75) is 25.7 Å². The van der Waals surface area contributed by atoms with Gasteiger partial charge in [-0.25, -0.2) is 0 Å². The van der Waals surface area contributed by atoms with Crippen LogP contribution in [-0.4, -0.2) is 45.6 Å². The van der Waals surface area contributed by atoms with Crippen LogP contribution in [0.3, 0.4) is 0 Å². The maximum Gasteiger partial charge on any atom is 0.0363 e. The minimum atomic E-state index is -0.533. The molecule has 0 aromatic carbocycles. The Balaban J connectivity index is 1.87. The largest absolute Gasteiger partial charge is 0.301 e. The van der Waals surface area contributed by atoms with Crippen LogP contribution >= 0.6 is 15.9 Å². The summed E-state index contributed by atoms with van der Waals surface area (Å²) in [7, 11) is -0.533. The first-order valence-electron chi connectivity index (χ1n) is 5.87. The quantitative estimate of drug-likeness (QED) is 0.742. The van der Waals surface area contributed by atoms with Crippen LogP contribution in [0.25, 0.3) is 0 Å². The van der Waals surface area contributed by atoms with E-state index in [9.17, 15) is 4.21 Å². The lowest BCUT2D eigenvalue weighted by Crippen LogP contribution is -2.44. The van der Waals surface area contributed by atoms with Crippen LogP contribution < -0.4 is 0 Å². The molecule has 0 bridgehead atoms. The van der Waals surface area contributed by atoms with Crippen molar-refractivity contribution in [2.24, 2.45) is 5.41 Å². The third-order valence-electron chi connectivity index (χ3n) is 3.78. The van der Waals surface area contributed by atoms with Crippen molar-refractivity contribution in [3.63, 3.8) is 0 Å². The van der Waals surface area contributed by atoms with Gasteiger partial charge in [0.15, 0.2) is 0 Å². The molecule has 1 heterocycles. The van der Waals surface area contributed by atoms with Crippen molar-refractivity contribution in [3.8, 4) is 0 Å². The average Bonchev–Trinajstić information content (AvgIpc) is 2.71. The van der Waals surface area contributed by atoms with Crippen LogP contribution in [0, 0.1) is 5.41 Å². The first kappa shape index (κ1) is 12.1. The Morgan fingerprint density at radius 3 is 2.33 bits per heavy atom. The van der Waals surface area contributed by atoms with E-state index in [-0.39, 0.29) is 0 Å². The second-order valence-electron chi connectivity index (χ2n) is 4.96. The van der Waals surface area contributed by atoms with Crippen molar-refractivity contribution >= 4 is 26.7 Å². The van der Waals surface area contributed by atoms with E-state index in [1.807, 2.05) is 0 Å². The Labute approximate surface area is 103 Å². The summed E-state index contributed by atoms with van der Waals surface area (Å²) in [5.41, 5.74) is 0.527. The summed E-state index contributed by atoms with van der Waals surface area (Å²) >= 11 is 3.69. The number of nitrogens with zero attached hydrogens (tertiary/aromatic N) is 1. The second kappa shape index (κ2) is 5.28. The van der Waals surface area contributed by atoms with Gasteiger partial charge in [0.2, 0.25) is 0 Å². The Morgan fingerprint density at radius 1 is 1.20 bits per heavy atom. The maximum absolute atomic E-state index is 11.3. The van der Waals surface area contributed by atoms with Gasteiger partial charge in [0, 0.05) is 47.3 Å². The minimum absolute atomic E-state index is 0.527. The summed E-state index contributed by atoms with van der Waals surface area (Å²) in [6.07, 6.45) is 5.53. The zero-order chi connectivity index (χ0) is 10.7. The van der Waals surface area contributed by atoms with E-state index in [1.165, 1.54) is 32.2 Å². The molecule has 0 unspecified atom stereocenters. The first-order chi connectivity index (χ1) is 7.24. The molecular formula is C11H20BrNOS. The van der Waals surface area contributed by atoms with Gasteiger partial charge in [-0.2, -0.15) is 0 Å². The fourth-order valence-corrected chi connectivity index (χ4v) is 4.63. The average molecular weight is 294 g/mol. The number of rotatable bonds is 3. The Hall–Kier alpha value is 0.590. The van der Waals surface area contributed by atoms with Crippen LogP contribution in [0.2, 0.25) is 0 Å². The Morgan fingerprint density at radius 2 is 1.80 bits per heavy atom. The van der Waals surface area contributed by atoms with Gasteiger partial charge in [0.25, 0.3) is 0 Å². The molecule has 1 saturated carbocycles. The van der Waals surface area contributed by atoms with Gasteiger partial charge in [-0.05, 0) is 18.3 Å². The predicted octanol–water partition coefficient (Wildman–Crippen LogP) is 2.01. The monoisotopic (exact) mass is 293 g/mol. The maximum atomic E-state index is 11.3. The van der Waals surface area contributed by atoms with E-state index in [0.29, 0.717) is 5.41 Å². The lowest BCUT2D eigenvalue weighted by Gasteiger charge is -2.35. The standard InChI is InChI=1S/C11H20BrNOS/c12-9-11(3-1-2-4-11)10-13-5-7-15(14)8-6-13/h1-10H2. The van der Waals surface area contributed by atoms with E-state index in [1.54, 1.807) is 0 Å². The zero-order valence-electron chi connectivity index (χ0n) is 9.21. The Bertz CT molecular complexity index is 231. The summed E-state index contributed by atoms with van der Waals surface area (Å²) in [5.74, 6) is 1.77. The van der Waals surface area contributed by atoms with Gasteiger partial charge in [-0.1, -0.05) is 28.8 Å². The summed E-state index contributed by atoms with van der Waals surface area (Å²) < 4.78 is 11.3. The third-order valence-corrected chi connectivity index (χ3v) is 6.24. The fourth-order valence-electron chi connectivity index (χ4n) is 2.77. The molecule has 2 nitrogen and oxygen atoms in total. The first-order valence-corrected chi connectivity index (χ1v) is 8.48. The van der Waals surface area contributed by atoms with Crippen LogP contribution in [0.15, 0.2) is 0 Å². The SMILES string of the molecule is O=S1CCN(CC2(CBr)CCCC2)CC1. The van der Waals surface area contributed by atoms with Gasteiger partial charge in [0.05, 0.1) is 0 Å². The highest BCUT2D eigenvalue weighted by atomic mass is 79.9. The summed E-state index contributed by atoms with van der Waals surface area (Å²) in [5, 5.41) is 1.14. The van der Waals surface area contributed by atoms with E-state index < -0.39 is 10.8 Å². The van der Waals surface area contributed by atoms with Gasteiger partial charge < -0.3 is 4.90 Å². The Kier molecular flexibility index (Phi) is 4.24. The molecule has 0 radical (unpaired) electrons. The van der Waals surface area contributed by atoms with Crippen LogP contribution in [0.1, 0.15) is 25.7 Å². The highest BCUT2D eigenvalue weighted by Gasteiger charge is 2.35. The molecule has 0 spiro atoms. The molecule has 0 N–H and O–H groups in total. The van der Waals surface area contributed by atoms with E-state index in [0.717, 1.165) is 29.9 Å². The van der Waals surface area contributed by atoms with E-state index in [2.05, 4.69) is 20.8 Å². The molecule has 0 amide bonds. The van der Waals surface area contributed by atoms with Gasteiger partial charge >= 0.3 is 0 Å². The lowest BCUT2D eigenvalue weighted by molar-refractivity contribution is 0.184. The summed E-state index contributed by atoms with van der Waals surface area (Å²) in [6.45, 7) is 3.30. The third kappa shape index (κ3) is 3.04. The molecule has 0 aromatic heterocycles. The molecular weight excluding hydrogens is 274 g/mol. The molecule has 1 saturated heterocycles. The second-order valence-corrected chi connectivity index (χ2v) is 7.22. The smallest absolute Gasteiger partial charge is 0.0363 e. The normalized spacial score (nSPS) is 28.3. The topological polar surface area (TPSA) is 20.3 Å². The van der Waals surface area contributed by atoms with Crippen molar-refractivity contribution in [2.75, 3.05) is 36.5 Å². The van der Waals surface area contributed by atoms with Gasteiger partial charge in [-0.15, -0.1) is 0 Å². The fraction of sp³-hybridized carbons (Fsp3) is 1.00. The molecule has 15 heavy (non-hydrogen) atoms. The number of hydrogen-bond donors (Lipinski definition) is 0. The molecule has 4 heteroatoms. The van der Waals surface area contributed by atoms with Crippen LogP contribution in [0.5, 0.6) is 0 Å². The van der Waals surface area contributed by atoms with Crippen LogP contribution in [0.4, 0.5) is 0 Å². The molecule has 2 aliphatic rings. The van der Waals surface area contributed by atoms with Crippen molar-refractivity contribution < 1.29 is 4.21 Å². The molecule has 1 aliphatic heterocycles. The number of halogens is 1. The van der Waals surface area contributed by atoms with Gasteiger partial charge in [-0.3, -0.25) is 4.21 Å². The molecule has 2 fully saturated rings. The summed E-state index contributed by atoms with van der Waals surface area (Å²) in [6, 6.07) is 0. The highest BCUT2D eigenvalue weighted by Crippen LogP contribution is 2.40. The van der Waals surface area contributed by atoms with Gasteiger partial charge in [0.1, 0.15) is 0 Å². The van der Waals surface area contributed by atoms with Crippen molar-refractivity contribution in [1.29, 1.82) is 0 Å². The molecule has 1 aliphatic carbocycles. The van der Waals surface area contributed by atoms with Crippen LogP contribution in [-0.2, 0) is 10.8 Å². The molecule has 2 rings (SSSR count). The summed E-state index contributed by atoms with van der Waals surface area (Å²) in [4.78, 5) is 2.52. The minimum Gasteiger partial charge on any atom is -0.301 e. The van der Waals surface area contributed by atoms with E-state index >= 15 is 0 Å². The molecule has 0 atom stereocenters. The molecule has 0 aromatic rings. The molecule has 88 valence electrons. The predicted molar refractivity (Wildman–Crippen MR) is 69.0 cm³/mol. The number of alkyl halides is 1. The number of hydrogen-bond acceptors (Lipinski definition) is 2. The lowest BCUT2D eigenvalue weighted by atomic mass is 9.88. The highest BCUT2D eigenvalue weighted by molar-refractivity contribution is 9.09.